The number of carbonyl (C=O) groups excluding carboxylic acids is 4. The van der Waals surface area contributed by atoms with E-state index in [-0.39, 0.29) is 0 Å². The predicted octanol–water partition coefficient (Wildman–Crippen LogP) is 7.30. The Hall–Kier alpha value is -5.88. The Morgan fingerprint density at radius 2 is 0.913 bits per heavy atom. The fourth-order valence-corrected chi connectivity index (χ4v) is 7.85. The molecule has 0 saturated carbocycles. The van der Waals surface area contributed by atoms with Gasteiger partial charge in [-0.05, 0) is 111 Å². The second-order valence-corrected chi connectivity index (χ2v) is 12.5. The molecular weight excluding hydrogens is 572 g/mol. The summed E-state index contributed by atoms with van der Waals surface area (Å²) in [5.41, 5.74) is 8.26. The molecule has 2 heterocycles. The lowest BCUT2D eigenvalue weighted by Crippen LogP contribution is -2.36. The van der Waals surface area contributed by atoms with Crippen LogP contribution in [0.2, 0.25) is 0 Å². The molecule has 0 bridgehead atoms. The highest BCUT2D eigenvalue weighted by atomic mass is 16.2. The van der Waals surface area contributed by atoms with E-state index in [1.165, 1.54) is 0 Å². The maximum Gasteiger partial charge on any atom is 0.259 e. The SMILES string of the molecule is Cc1ccccc1Cc1c2c3c(ccc4c5ccc6c7c(ccc(c(c1Cc1ccccc1C)c34)c75)C(=O)NC6=O)C(=O)NC2=O. The van der Waals surface area contributed by atoms with Crippen LogP contribution in [0.4, 0.5) is 0 Å². The van der Waals surface area contributed by atoms with Crippen LogP contribution in [0.25, 0.3) is 43.1 Å². The normalized spacial score (nSPS) is 14.1. The van der Waals surface area contributed by atoms with Gasteiger partial charge in [0, 0.05) is 27.5 Å². The van der Waals surface area contributed by atoms with Crippen LogP contribution in [0, 0.1) is 13.8 Å². The molecule has 7 aromatic carbocycles. The highest BCUT2D eigenvalue weighted by Gasteiger charge is 2.34. The Morgan fingerprint density at radius 3 is 1.50 bits per heavy atom. The van der Waals surface area contributed by atoms with Gasteiger partial charge in [-0.25, -0.2) is 0 Å². The largest absolute Gasteiger partial charge is 0.288 e. The van der Waals surface area contributed by atoms with E-state index in [0.29, 0.717) is 45.9 Å². The first kappa shape index (κ1) is 26.5. The number of rotatable bonds is 4. The van der Waals surface area contributed by atoms with Crippen molar-refractivity contribution in [1.82, 2.24) is 10.6 Å². The molecule has 0 radical (unpaired) electrons. The lowest BCUT2D eigenvalue weighted by atomic mass is 9.76. The van der Waals surface area contributed by atoms with Gasteiger partial charge < -0.3 is 0 Å². The average molecular weight is 599 g/mol. The summed E-state index contributed by atoms with van der Waals surface area (Å²) in [5.74, 6) is -1.64. The number of carbonyl (C=O) groups is 4. The van der Waals surface area contributed by atoms with E-state index < -0.39 is 23.6 Å². The van der Waals surface area contributed by atoms with Crippen molar-refractivity contribution in [3.63, 3.8) is 0 Å². The Balaban J connectivity index is 1.55. The fourth-order valence-electron chi connectivity index (χ4n) is 7.85. The lowest BCUT2D eigenvalue weighted by molar-refractivity contribution is 0.0828. The van der Waals surface area contributed by atoms with E-state index in [9.17, 15) is 19.2 Å². The van der Waals surface area contributed by atoms with E-state index in [4.69, 9.17) is 0 Å². The summed E-state index contributed by atoms with van der Waals surface area (Å²) in [4.78, 5) is 53.5. The van der Waals surface area contributed by atoms with Crippen molar-refractivity contribution in [2.24, 2.45) is 0 Å². The van der Waals surface area contributed by atoms with Crippen molar-refractivity contribution >= 4 is 66.7 Å². The molecule has 46 heavy (non-hydrogen) atoms. The molecule has 0 unspecified atom stereocenters. The van der Waals surface area contributed by atoms with Crippen molar-refractivity contribution in [1.29, 1.82) is 0 Å². The molecule has 0 spiro atoms. The van der Waals surface area contributed by atoms with E-state index in [2.05, 4.69) is 48.7 Å². The topological polar surface area (TPSA) is 92.3 Å². The molecule has 9 rings (SSSR count). The van der Waals surface area contributed by atoms with Crippen LogP contribution in [-0.2, 0) is 12.8 Å². The van der Waals surface area contributed by atoms with Crippen molar-refractivity contribution < 1.29 is 19.2 Å². The van der Waals surface area contributed by atoms with E-state index in [1.807, 2.05) is 42.5 Å². The van der Waals surface area contributed by atoms with Crippen LogP contribution in [0.15, 0.2) is 84.9 Å². The molecule has 4 amide bonds. The van der Waals surface area contributed by atoms with E-state index in [0.717, 1.165) is 65.7 Å². The maximum absolute atomic E-state index is 14.0. The number of nitrogens with one attached hydrogen (secondary N) is 2. The predicted molar refractivity (Wildman–Crippen MR) is 179 cm³/mol. The van der Waals surface area contributed by atoms with Gasteiger partial charge in [-0.1, -0.05) is 66.7 Å². The standard InChI is InChI=1S/C40H26N2O4/c1-19-7-3-5-9-21(19)17-29-30(18-22-10-6-4-8-20(22)2)36-35-28(39(45)42-40(36)46)15-12-24-23-11-14-26-33-27(38(44)41-37(26)43)16-13-25(31(23)33)32(29)34(24)35/h3-16H,17-18H2,1-2H3,(H,41,43,44)(H,42,45,46). The number of imide groups is 2. The highest BCUT2D eigenvalue weighted by Crippen LogP contribution is 2.48. The molecular formula is C40H26N2O4. The first-order chi connectivity index (χ1) is 22.3. The molecule has 2 aliphatic rings. The Bertz CT molecular complexity index is 2560. The highest BCUT2D eigenvalue weighted by molar-refractivity contribution is 6.42. The summed E-state index contributed by atoms with van der Waals surface area (Å²) in [5, 5.41) is 11.7. The van der Waals surface area contributed by atoms with Crippen LogP contribution >= 0.6 is 0 Å². The van der Waals surface area contributed by atoms with Crippen LogP contribution in [-0.4, -0.2) is 23.6 Å². The number of fused-ring (bicyclic) bond motifs is 2. The third-order valence-electron chi connectivity index (χ3n) is 10.1. The second kappa shape index (κ2) is 9.31. The smallest absolute Gasteiger partial charge is 0.259 e. The Kier molecular flexibility index (Phi) is 5.37. The summed E-state index contributed by atoms with van der Waals surface area (Å²) in [7, 11) is 0. The van der Waals surface area contributed by atoms with Gasteiger partial charge in [-0.2, -0.15) is 0 Å². The zero-order valence-electron chi connectivity index (χ0n) is 25.1. The van der Waals surface area contributed by atoms with Gasteiger partial charge >= 0.3 is 0 Å². The molecule has 0 saturated heterocycles. The van der Waals surface area contributed by atoms with Crippen molar-refractivity contribution in [3.05, 3.63) is 141 Å². The van der Waals surface area contributed by atoms with Gasteiger partial charge in [-0.15, -0.1) is 0 Å². The van der Waals surface area contributed by atoms with Gasteiger partial charge in [-0.3, -0.25) is 29.8 Å². The summed E-state index contributed by atoms with van der Waals surface area (Å²) < 4.78 is 0. The third kappa shape index (κ3) is 3.47. The maximum atomic E-state index is 14.0. The summed E-state index contributed by atoms with van der Waals surface area (Å²) in [6.45, 7) is 4.16. The van der Waals surface area contributed by atoms with Gasteiger partial charge in [0.25, 0.3) is 23.6 Å². The van der Waals surface area contributed by atoms with E-state index >= 15 is 0 Å². The lowest BCUT2D eigenvalue weighted by Gasteiger charge is -2.28. The van der Waals surface area contributed by atoms with Crippen LogP contribution in [0.3, 0.4) is 0 Å². The summed E-state index contributed by atoms with van der Waals surface area (Å²) >= 11 is 0. The van der Waals surface area contributed by atoms with Gasteiger partial charge in [0.2, 0.25) is 0 Å². The molecule has 220 valence electrons. The molecule has 2 N–H and O–H groups in total. The molecule has 2 aliphatic heterocycles. The average Bonchev–Trinajstić information content (AvgIpc) is 3.04. The number of hydrogen-bond acceptors (Lipinski definition) is 4. The zero-order chi connectivity index (χ0) is 31.4. The van der Waals surface area contributed by atoms with E-state index in [1.54, 1.807) is 18.2 Å². The molecule has 6 heteroatoms. The molecule has 0 aromatic heterocycles. The number of aryl methyl sites for hydroxylation is 2. The number of hydrogen-bond donors (Lipinski definition) is 2. The number of amides is 4. The van der Waals surface area contributed by atoms with Gasteiger partial charge in [0.15, 0.2) is 0 Å². The van der Waals surface area contributed by atoms with Gasteiger partial charge in [0.1, 0.15) is 0 Å². The van der Waals surface area contributed by atoms with Crippen LogP contribution in [0.1, 0.15) is 74.8 Å². The van der Waals surface area contributed by atoms with Crippen molar-refractivity contribution in [3.8, 4) is 0 Å². The van der Waals surface area contributed by atoms with Crippen LogP contribution in [0.5, 0.6) is 0 Å². The molecule has 6 nitrogen and oxygen atoms in total. The first-order valence-electron chi connectivity index (χ1n) is 15.4. The van der Waals surface area contributed by atoms with Crippen molar-refractivity contribution in [2.75, 3.05) is 0 Å². The summed E-state index contributed by atoms with van der Waals surface area (Å²) in [6, 6.07) is 27.6. The quantitative estimate of drug-likeness (QED) is 0.126. The third-order valence-corrected chi connectivity index (χ3v) is 10.1. The monoisotopic (exact) mass is 598 g/mol. The molecule has 0 aliphatic carbocycles. The molecule has 0 fully saturated rings. The van der Waals surface area contributed by atoms with Gasteiger partial charge in [0.05, 0.1) is 5.56 Å². The Labute approximate surface area is 263 Å². The van der Waals surface area contributed by atoms with Crippen LogP contribution < -0.4 is 10.6 Å². The Morgan fingerprint density at radius 1 is 0.435 bits per heavy atom. The number of benzene rings is 7. The minimum absolute atomic E-state index is 0.394. The van der Waals surface area contributed by atoms with Crippen molar-refractivity contribution in [2.45, 2.75) is 26.7 Å². The molecule has 7 aromatic rings. The molecule has 0 atom stereocenters. The minimum atomic E-state index is -0.417. The summed E-state index contributed by atoms with van der Waals surface area (Å²) in [6.07, 6.45) is 1.04. The minimum Gasteiger partial charge on any atom is -0.288 e. The first-order valence-corrected chi connectivity index (χ1v) is 15.4. The fraction of sp³-hybridized carbons (Fsp3) is 0.100. The second-order valence-electron chi connectivity index (χ2n) is 12.5. The zero-order valence-corrected chi connectivity index (χ0v) is 25.1.